The lowest BCUT2D eigenvalue weighted by Crippen LogP contribution is -2.28. The minimum Gasteiger partial charge on any atom is -0.494 e. The molecular formula is C15H21N3O3S. The van der Waals surface area contributed by atoms with E-state index in [-0.39, 0.29) is 11.4 Å². The van der Waals surface area contributed by atoms with Gasteiger partial charge in [-0.1, -0.05) is 0 Å². The number of sulfonamides is 1. The normalized spacial score (nSPS) is 11.6. The maximum absolute atomic E-state index is 12.4. The van der Waals surface area contributed by atoms with Crippen LogP contribution in [-0.2, 0) is 16.6 Å². The first-order valence-corrected chi connectivity index (χ1v) is 8.63. The average molecular weight is 323 g/mol. The molecular weight excluding hydrogens is 302 g/mol. The molecule has 0 saturated carbocycles. The van der Waals surface area contributed by atoms with Crippen LogP contribution in [0.3, 0.4) is 0 Å². The number of benzene rings is 1. The van der Waals surface area contributed by atoms with Crippen molar-refractivity contribution in [1.29, 1.82) is 0 Å². The molecule has 22 heavy (non-hydrogen) atoms. The highest BCUT2D eigenvalue weighted by molar-refractivity contribution is 7.89. The summed E-state index contributed by atoms with van der Waals surface area (Å²) in [5, 5.41) is 4.04. The summed E-state index contributed by atoms with van der Waals surface area (Å²) in [7, 11) is -3.55. The molecule has 0 fully saturated rings. The lowest BCUT2D eigenvalue weighted by molar-refractivity contribution is 0.337. The van der Waals surface area contributed by atoms with Crippen molar-refractivity contribution in [3.8, 4) is 5.75 Å². The Morgan fingerprint density at radius 2 is 2.05 bits per heavy atom. The summed E-state index contributed by atoms with van der Waals surface area (Å²) in [4.78, 5) is 0.286. The van der Waals surface area contributed by atoms with E-state index in [0.29, 0.717) is 18.7 Å². The predicted molar refractivity (Wildman–Crippen MR) is 84.5 cm³/mol. The molecule has 6 nitrogen and oxygen atoms in total. The second kappa shape index (κ2) is 6.93. The van der Waals surface area contributed by atoms with Crippen LogP contribution < -0.4 is 9.46 Å². The minimum atomic E-state index is -3.55. The number of rotatable bonds is 7. The van der Waals surface area contributed by atoms with Crippen molar-refractivity contribution < 1.29 is 13.2 Å². The van der Waals surface area contributed by atoms with Crippen LogP contribution in [0.4, 0.5) is 0 Å². The van der Waals surface area contributed by atoms with Crippen molar-refractivity contribution in [2.45, 2.75) is 32.2 Å². The molecule has 0 unspecified atom stereocenters. The van der Waals surface area contributed by atoms with E-state index >= 15 is 0 Å². The maximum Gasteiger partial charge on any atom is 0.240 e. The molecule has 0 aliphatic heterocycles. The molecule has 0 amide bonds. The molecule has 1 aromatic heterocycles. The fraction of sp³-hybridized carbons (Fsp3) is 0.400. The molecule has 1 heterocycles. The van der Waals surface area contributed by atoms with Gasteiger partial charge in [-0.25, -0.2) is 13.1 Å². The van der Waals surface area contributed by atoms with Gasteiger partial charge in [-0.15, -0.1) is 0 Å². The molecule has 0 radical (unpaired) electrons. The van der Waals surface area contributed by atoms with Crippen LogP contribution in [0.15, 0.2) is 35.5 Å². The van der Waals surface area contributed by atoms with Gasteiger partial charge in [0.2, 0.25) is 10.0 Å². The van der Waals surface area contributed by atoms with E-state index in [1.54, 1.807) is 42.2 Å². The molecule has 120 valence electrons. The van der Waals surface area contributed by atoms with Gasteiger partial charge in [0.15, 0.2) is 0 Å². The Hall–Kier alpha value is -1.86. The van der Waals surface area contributed by atoms with Crippen LogP contribution in [0.1, 0.15) is 18.1 Å². The van der Waals surface area contributed by atoms with Crippen LogP contribution >= 0.6 is 0 Å². The highest BCUT2D eigenvalue weighted by atomic mass is 32.2. The highest BCUT2D eigenvalue weighted by Crippen LogP contribution is 2.25. The van der Waals surface area contributed by atoms with Crippen molar-refractivity contribution in [3.63, 3.8) is 0 Å². The number of aromatic nitrogens is 2. The first-order chi connectivity index (χ1) is 10.4. The van der Waals surface area contributed by atoms with Crippen LogP contribution in [0, 0.1) is 13.8 Å². The second-order valence-electron chi connectivity index (χ2n) is 4.98. The summed E-state index contributed by atoms with van der Waals surface area (Å²) in [5.74, 6) is 0.718. The van der Waals surface area contributed by atoms with Gasteiger partial charge in [-0.05, 0) is 50.1 Å². The fourth-order valence-electron chi connectivity index (χ4n) is 2.17. The molecule has 0 aliphatic carbocycles. The third kappa shape index (κ3) is 3.86. The van der Waals surface area contributed by atoms with E-state index in [2.05, 4.69) is 9.82 Å². The standard InChI is InChI=1S/C15H21N3O3S/c1-4-21-14-10-13(3)15(11-12(14)2)22(19,20)17-7-9-18-8-5-6-16-18/h5-6,8,10-11,17H,4,7,9H2,1-3H3. The maximum atomic E-state index is 12.4. The Kier molecular flexibility index (Phi) is 5.20. The molecule has 0 bridgehead atoms. The number of nitrogens with zero attached hydrogens (tertiary/aromatic N) is 2. The summed E-state index contributed by atoms with van der Waals surface area (Å²) in [6.45, 7) is 6.83. The molecule has 0 spiro atoms. The van der Waals surface area contributed by atoms with E-state index < -0.39 is 10.0 Å². The summed E-state index contributed by atoms with van der Waals surface area (Å²) in [6, 6.07) is 5.21. The van der Waals surface area contributed by atoms with Gasteiger partial charge in [0.05, 0.1) is 18.0 Å². The van der Waals surface area contributed by atoms with Crippen LogP contribution in [0.2, 0.25) is 0 Å². The molecule has 7 heteroatoms. The van der Waals surface area contributed by atoms with Gasteiger partial charge < -0.3 is 4.74 Å². The van der Waals surface area contributed by atoms with E-state index in [1.165, 1.54) is 0 Å². The minimum absolute atomic E-state index is 0.286. The lowest BCUT2D eigenvalue weighted by Gasteiger charge is -2.13. The Balaban J connectivity index is 2.13. The van der Waals surface area contributed by atoms with Crippen molar-refractivity contribution >= 4 is 10.0 Å². The quantitative estimate of drug-likeness (QED) is 0.844. The molecule has 0 aliphatic rings. The van der Waals surface area contributed by atoms with Crippen molar-refractivity contribution in [3.05, 3.63) is 41.7 Å². The molecule has 1 N–H and O–H groups in total. The molecule has 0 saturated heterocycles. The van der Waals surface area contributed by atoms with E-state index in [9.17, 15) is 8.42 Å². The largest absolute Gasteiger partial charge is 0.494 e. The second-order valence-corrected chi connectivity index (χ2v) is 6.72. The van der Waals surface area contributed by atoms with Crippen LogP contribution in [0.5, 0.6) is 5.75 Å². The van der Waals surface area contributed by atoms with Gasteiger partial charge in [-0.3, -0.25) is 4.68 Å². The van der Waals surface area contributed by atoms with Gasteiger partial charge in [0.25, 0.3) is 0 Å². The van der Waals surface area contributed by atoms with Crippen molar-refractivity contribution in [2.75, 3.05) is 13.2 Å². The Labute approximate surface area is 131 Å². The monoisotopic (exact) mass is 323 g/mol. The number of aryl methyl sites for hydroxylation is 2. The summed E-state index contributed by atoms with van der Waals surface area (Å²) < 4.78 is 34.6. The zero-order valence-corrected chi connectivity index (χ0v) is 13.9. The zero-order chi connectivity index (χ0) is 16.2. The number of hydrogen-bond acceptors (Lipinski definition) is 4. The molecule has 2 aromatic rings. The number of ether oxygens (including phenoxy) is 1. The Morgan fingerprint density at radius 3 is 2.68 bits per heavy atom. The van der Waals surface area contributed by atoms with Gasteiger partial charge >= 0.3 is 0 Å². The third-order valence-corrected chi connectivity index (χ3v) is 4.86. The first kappa shape index (κ1) is 16.5. The van der Waals surface area contributed by atoms with Crippen molar-refractivity contribution in [1.82, 2.24) is 14.5 Å². The Bertz CT molecular complexity index is 725. The predicted octanol–water partition coefficient (Wildman–Crippen LogP) is 1.88. The van der Waals surface area contributed by atoms with E-state index in [1.807, 2.05) is 13.8 Å². The van der Waals surface area contributed by atoms with Crippen LogP contribution in [-0.4, -0.2) is 31.3 Å². The molecule has 2 rings (SSSR count). The Morgan fingerprint density at radius 1 is 1.27 bits per heavy atom. The average Bonchev–Trinajstić information content (AvgIpc) is 2.95. The number of hydrogen-bond donors (Lipinski definition) is 1. The topological polar surface area (TPSA) is 73.2 Å². The van der Waals surface area contributed by atoms with Gasteiger partial charge in [-0.2, -0.15) is 5.10 Å². The van der Waals surface area contributed by atoms with E-state index in [4.69, 9.17) is 4.74 Å². The van der Waals surface area contributed by atoms with Crippen LogP contribution in [0.25, 0.3) is 0 Å². The fourth-order valence-corrected chi connectivity index (χ4v) is 3.50. The van der Waals surface area contributed by atoms with Gasteiger partial charge in [0.1, 0.15) is 5.75 Å². The SMILES string of the molecule is CCOc1cc(C)c(S(=O)(=O)NCCn2cccn2)cc1C. The van der Waals surface area contributed by atoms with Gasteiger partial charge in [0, 0.05) is 18.9 Å². The molecule has 0 atom stereocenters. The summed E-state index contributed by atoms with van der Waals surface area (Å²) in [5.41, 5.74) is 1.47. The molecule has 1 aromatic carbocycles. The zero-order valence-electron chi connectivity index (χ0n) is 13.0. The first-order valence-electron chi connectivity index (χ1n) is 7.15. The van der Waals surface area contributed by atoms with E-state index in [0.717, 1.165) is 11.3 Å². The summed E-state index contributed by atoms with van der Waals surface area (Å²) >= 11 is 0. The summed E-state index contributed by atoms with van der Waals surface area (Å²) in [6.07, 6.45) is 3.45. The highest BCUT2D eigenvalue weighted by Gasteiger charge is 2.18. The van der Waals surface area contributed by atoms with Crippen molar-refractivity contribution in [2.24, 2.45) is 0 Å². The lowest BCUT2D eigenvalue weighted by atomic mass is 10.1. The number of nitrogens with one attached hydrogen (secondary N) is 1. The third-order valence-electron chi connectivity index (χ3n) is 3.25. The smallest absolute Gasteiger partial charge is 0.240 e.